The SMILES string of the molecule is CCn1ccnc1C(N)Cc1ccccc1OC. The first-order valence-electron chi connectivity index (χ1n) is 6.14. The molecule has 0 saturated heterocycles. The van der Waals surface area contributed by atoms with Crippen molar-refractivity contribution in [1.29, 1.82) is 0 Å². The van der Waals surface area contributed by atoms with Gasteiger partial charge in [0.25, 0.3) is 0 Å². The molecule has 1 heterocycles. The maximum atomic E-state index is 6.23. The summed E-state index contributed by atoms with van der Waals surface area (Å²) in [4.78, 5) is 4.34. The normalized spacial score (nSPS) is 12.4. The zero-order chi connectivity index (χ0) is 13.0. The first-order chi connectivity index (χ1) is 8.76. The lowest BCUT2D eigenvalue weighted by atomic mass is 10.0. The minimum Gasteiger partial charge on any atom is -0.496 e. The summed E-state index contributed by atoms with van der Waals surface area (Å²) < 4.78 is 7.41. The molecule has 2 rings (SSSR count). The van der Waals surface area contributed by atoms with E-state index in [1.54, 1.807) is 13.3 Å². The standard InChI is InChI=1S/C14H19N3O/c1-3-17-9-8-16-14(17)12(15)10-11-6-4-5-7-13(11)18-2/h4-9,12H,3,10,15H2,1-2H3. The second-order valence-corrected chi connectivity index (χ2v) is 4.19. The van der Waals surface area contributed by atoms with Crippen molar-refractivity contribution in [2.24, 2.45) is 5.73 Å². The van der Waals surface area contributed by atoms with Crippen molar-refractivity contribution in [2.45, 2.75) is 25.9 Å². The summed E-state index contributed by atoms with van der Waals surface area (Å²) in [6.45, 7) is 2.97. The van der Waals surface area contributed by atoms with E-state index in [0.29, 0.717) is 0 Å². The van der Waals surface area contributed by atoms with Crippen LogP contribution < -0.4 is 10.5 Å². The van der Waals surface area contributed by atoms with Gasteiger partial charge in [-0.15, -0.1) is 0 Å². The lowest BCUT2D eigenvalue weighted by molar-refractivity contribution is 0.407. The number of imidazole rings is 1. The molecular formula is C14H19N3O. The van der Waals surface area contributed by atoms with Crippen LogP contribution >= 0.6 is 0 Å². The molecule has 18 heavy (non-hydrogen) atoms. The van der Waals surface area contributed by atoms with Crippen molar-refractivity contribution in [3.8, 4) is 5.75 Å². The van der Waals surface area contributed by atoms with Crippen LogP contribution in [0.4, 0.5) is 0 Å². The lowest BCUT2D eigenvalue weighted by Crippen LogP contribution is -2.19. The average molecular weight is 245 g/mol. The van der Waals surface area contributed by atoms with E-state index in [1.807, 2.05) is 30.5 Å². The van der Waals surface area contributed by atoms with Crippen molar-refractivity contribution in [2.75, 3.05) is 7.11 Å². The number of rotatable bonds is 5. The second-order valence-electron chi connectivity index (χ2n) is 4.19. The Hall–Kier alpha value is -1.81. The Morgan fingerprint density at radius 1 is 1.39 bits per heavy atom. The molecule has 1 aromatic heterocycles. The number of hydrogen-bond acceptors (Lipinski definition) is 3. The molecule has 2 N–H and O–H groups in total. The number of aromatic nitrogens is 2. The zero-order valence-corrected chi connectivity index (χ0v) is 10.8. The van der Waals surface area contributed by atoms with Crippen molar-refractivity contribution < 1.29 is 4.74 Å². The highest BCUT2D eigenvalue weighted by molar-refractivity contribution is 5.34. The van der Waals surface area contributed by atoms with Crippen LogP contribution in [0.15, 0.2) is 36.7 Å². The van der Waals surface area contributed by atoms with E-state index in [0.717, 1.165) is 30.1 Å². The second kappa shape index (κ2) is 5.69. The van der Waals surface area contributed by atoms with E-state index in [1.165, 1.54) is 0 Å². The molecule has 2 aromatic rings. The van der Waals surface area contributed by atoms with Crippen LogP contribution in [0.25, 0.3) is 0 Å². The minimum absolute atomic E-state index is 0.115. The molecule has 4 heteroatoms. The molecule has 0 aliphatic rings. The van der Waals surface area contributed by atoms with E-state index in [4.69, 9.17) is 10.5 Å². The third-order valence-electron chi connectivity index (χ3n) is 3.05. The molecule has 0 saturated carbocycles. The summed E-state index contributed by atoms with van der Waals surface area (Å²) in [6, 6.07) is 7.83. The predicted molar refractivity (Wildman–Crippen MR) is 71.5 cm³/mol. The van der Waals surface area contributed by atoms with Gasteiger partial charge >= 0.3 is 0 Å². The average Bonchev–Trinajstić information content (AvgIpc) is 2.87. The maximum Gasteiger partial charge on any atom is 0.125 e. The van der Waals surface area contributed by atoms with Gasteiger partial charge in [0.15, 0.2) is 0 Å². The van der Waals surface area contributed by atoms with Gasteiger partial charge in [-0.1, -0.05) is 18.2 Å². The summed E-state index contributed by atoms with van der Waals surface area (Å²) in [5.41, 5.74) is 7.34. The molecule has 0 spiro atoms. The lowest BCUT2D eigenvalue weighted by Gasteiger charge is -2.15. The van der Waals surface area contributed by atoms with Crippen LogP contribution in [0.1, 0.15) is 24.4 Å². The number of nitrogens with two attached hydrogens (primary N) is 1. The first-order valence-corrected chi connectivity index (χ1v) is 6.14. The minimum atomic E-state index is -0.115. The molecule has 0 fully saturated rings. The Morgan fingerprint density at radius 2 is 2.17 bits per heavy atom. The Bertz CT molecular complexity index is 507. The molecule has 0 aliphatic carbocycles. The molecule has 96 valence electrons. The largest absolute Gasteiger partial charge is 0.496 e. The van der Waals surface area contributed by atoms with Crippen LogP contribution in [0.2, 0.25) is 0 Å². The number of nitrogens with zero attached hydrogens (tertiary/aromatic N) is 2. The fraction of sp³-hybridized carbons (Fsp3) is 0.357. The number of hydrogen-bond donors (Lipinski definition) is 1. The smallest absolute Gasteiger partial charge is 0.125 e. The summed E-state index contributed by atoms with van der Waals surface area (Å²) in [6.07, 6.45) is 4.47. The van der Waals surface area contributed by atoms with E-state index < -0.39 is 0 Å². The molecule has 0 aliphatic heterocycles. The van der Waals surface area contributed by atoms with Crippen molar-refractivity contribution in [3.63, 3.8) is 0 Å². The van der Waals surface area contributed by atoms with Gasteiger partial charge < -0.3 is 15.0 Å². The highest BCUT2D eigenvalue weighted by atomic mass is 16.5. The Balaban J connectivity index is 2.18. The molecular weight excluding hydrogens is 226 g/mol. The summed E-state index contributed by atoms with van der Waals surface area (Å²) >= 11 is 0. The van der Waals surface area contributed by atoms with Gasteiger partial charge in [0.1, 0.15) is 11.6 Å². The van der Waals surface area contributed by atoms with E-state index in [2.05, 4.69) is 16.5 Å². The molecule has 4 nitrogen and oxygen atoms in total. The third-order valence-corrected chi connectivity index (χ3v) is 3.05. The van der Waals surface area contributed by atoms with Crippen molar-refractivity contribution in [1.82, 2.24) is 9.55 Å². The van der Waals surface area contributed by atoms with Crippen molar-refractivity contribution in [3.05, 3.63) is 48.0 Å². The Morgan fingerprint density at radius 3 is 2.89 bits per heavy atom. The van der Waals surface area contributed by atoms with Gasteiger partial charge in [0.2, 0.25) is 0 Å². The van der Waals surface area contributed by atoms with Crippen LogP contribution in [0, 0.1) is 0 Å². The predicted octanol–water partition coefficient (Wildman–Crippen LogP) is 2.15. The Kier molecular flexibility index (Phi) is 3.99. The van der Waals surface area contributed by atoms with E-state index in [-0.39, 0.29) is 6.04 Å². The molecule has 0 radical (unpaired) electrons. The monoisotopic (exact) mass is 245 g/mol. The summed E-state index contributed by atoms with van der Waals surface area (Å²) in [5, 5.41) is 0. The fourth-order valence-electron chi connectivity index (χ4n) is 2.12. The molecule has 0 amide bonds. The first kappa shape index (κ1) is 12.6. The number of ether oxygens (including phenoxy) is 1. The van der Waals surface area contributed by atoms with Crippen LogP contribution in [0.3, 0.4) is 0 Å². The van der Waals surface area contributed by atoms with Gasteiger partial charge in [-0.25, -0.2) is 4.98 Å². The maximum absolute atomic E-state index is 6.23. The fourth-order valence-corrected chi connectivity index (χ4v) is 2.12. The molecule has 1 unspecified atom stereocenters. The van der Waals surface area contributed by atoms with Gasteiger partial charge in [-0.2, -0.15) is 0 Å². The van der Waals surface area contributed by atoms with Gasteiger partial charge in [-0.05, 0) is 25.0 Å². The van der Waals surface area contributed by atoms with E-state index >= 15 is 0 Å². The van der Waals surface area contributed by atoms with Gasteiger partial charge in [0.05, 0.1) is 13.2 Å². The van der Waals surface area contributed by atoms with Crippen LogP contribution in [-0.4, -0.2) is 16.7 Å². The highest BCUT2D eigenvalue weighted by Gasteiger charge is 2.14. The quantitative estimate of drug-likeness (QED) is 0.878. The number of para-hydroxylation sites is 1. The highest BCUT2D eigenvalue weighted by Crippen LogP contribution is 2.22. The Labute approximate surface area is 107 Å². The summed E-state index contributed by atoms with van der Waals surface area (Å²) in [7, 11) is 1.68. The molecule has 0 bridgehead atoms. The van der Waals surface area contributed by atoms with Crippen LogP contribution in [0.5, 0.6) is 5.75 Å². The summed E-state index contributed by atoms with van der Waals surface area (Å²) in [5.74, 6) is 1.80. The van der Waals surface area contributed by atoms with E-state index in [9.17, 15) is 0 Å². The number of benzene rings is 1. The molecule has 1 aromatic carbocycles. The zero-order valence-electron chi connectivity index (χ0n) is 10.8. The number of aryl methyl sites for hydroxylation is 1. The van der Waals surface area contributed by atoms with Crippen molar-refractivity contribution >= 4 is 0 Å². The topological polar surface area (TPSA) is 53.1 Å². The van der Waals surface area contributed by atoms with Gasteiger partial charge in [-0.3, -0.25) is 0 Å². The number of methoxy groups -OCH3 is 1. The van der Waals surface area contributed by atoms with Crippen LogP contribution in [-0.2, 0) is 13.0 Å². The third kappa shape index (κ3) is 2.54. The van der Waals surface area contributed by atoms with Gasteiger partial charge in [0, 0.05) is 18.9 Å². The molecule has 1 atom stereocenters.